The maximum absolute atomic E-state index is 12.1. The van der Waals surface area contributed by atoms with Gasteiger partial charge in [-0.1, -0.05) is 83.3 Å². The summed E-state index contributed by atoms with van der Waals surface area (Å²) in [4.78, 5) is 24.4. The number of carboxylic acid groups (broad SMARTS) is 1. The lowest BCUT2D eigenvalue weighted by atomic mass is 10.0. The Morgan fingerprint density at radius 2 is 1.71 bits per heavy atom. The lowest BCUT2D eigenvalue weighted by Crippen LogP contribution is -2.31. The number of carbonyl (C=O) groups is 2. The molecule has 1 aliphatic heterocycles. The second-order valence-corrected chi connectivity index (χ2v) is 11.9. The van der Waals surface area contributed by atoms with E-state index in [0.29, 0.717) is 28.3 Å². The number of aliphatic hydroxyl groups is 1. The van der Waals surface area contributed by atoms with E-state index in [-0.39, 0.29) is 24.4 Å². The van der Waals surface area contributed by atoms with Crippen molar-refractivity contribution in [2.45, 2.75) is 40.2 Å². The summed E-state index contributed by atoms with van der Waals surface area (Å²) in [6.07, 6.45) is -0.874. The Labute approximate surface area is 239 Å². The zero-order valence-corrected chi connectivity index (χ0v) is 22.9. The Kier molecular flexibility index (Phi) is 9.59. The van der Waals surface area contributed by atoms with Crippen LogP contribution in [-0.4, -0.2) is 37.7 Å². The topological polar surface area (TPSA) is 105 Å². The number of rotatable bonds is 8. The number of aromatic carboxylic acids is 1. The van der Waals surface area contributed by atoms with Crippen LogP contribution in [0.5, 0.6) is 0 Å². The third-order valence-corrected chi connectivity index (χ3v) is 7.55. The number of nitrogens with one attached hydrogen (secondary N) is 1. The number of aliphatic hydroxyl groups excluding tert-OH is 1. The van der Waals surface area contributed by atoms with Crippen LogP contribution in [0.4, 0.5) is 5.69 Å². The number of anilines is 1. The fraction of sp³-hybridized carbons (Fsp3) is 0.259. The SMILES string of the molecule is O=C(O)c1ccccc1SC[C@H]1C[C@@H](c2ccc(CO)cc2)O[C@@H](c2cccc(NC(=O)C(Cl)(Cl)Cl)c2)O1. The number of hydrogen-bond donors (Lipinski definition) is 3. The number of amides is 1. The average Bonchev–Trinajstić information content (AvgIpc) is 2.91. The Morgan fingerprint density at radius 1 is 0.974 bits per heavy atom. The summed E-state index contributed by atoms with van der Waals surface area (Å²) in [5.41, 5.74) is 2.98. The normalized spacial score (nSPS) is 19.6. The maximum Gasteiger partial charge on any atom is 0.336 e. The molecule has 0 radical (unpaired) electrons. The fourth-order valence-electron chi connectivity index (χ4n) is 3.94. The highest BCUT2D eigenvalue weighted by Crippen LogP contribution is 2.40. The molecular weight excluding hydrogens is 573 g/mol. The van der Waals surface area contributed by atoms with Gasteiger partial charge >= 0.3 is 5.97 Å². The van der Waals surface area contributed by atoms with Crippen molar-refractivity contribution in [3.05, 3.63) is 95.1 Å². The van der Waals surface area contributed by atoms with Gasteiger partial charge in [0.05, 0.1) is 24.4 Å². The molecule has 3 aromatic rings. The Hall–Kier alpha value is -2.30. The molecule has 38 heavy (non-hydrogen) atoms. The number of carboxylic acids is 1. The van der Waals surface area contributed by atoms with E-state index in [2.05, 4.69) is 5.32 Å². The van der Waals surface area contributed by atoms with Crippen molar-refractivity contribution in [3.8, 4) is 0 Å². The lowest BCUT2D eigenvalue weighted by Gasteiger charge is -2.36. The van der Waals surface area contributed by atoms with Gasteiger partial charge in [0.2, 0.25) is 0 Å². The minimum absolute atomic E-state index is 0.0630. The van der Waals surface area contributed by atoms with Gasteiger partial charge in [-0.05, 0) is 35.4 Å². The Morgan fingerprint density at radius 3 is 2.39 bits per heavy atom. The molecule has 0 spiro atoms. The van der Waals surface area contributed by atoms with E-state index < -0.39 is 22.0 Å². The Bertz CT molecular complexity index is 1280. The van der Waals surface area contributed by atoms with Gasteiger partial charge in [0.25, 0.3) is 9.70 Å². The average molecular weight is 597 g/mol. The summed E-state index contributed by atoms with van der Waals surface area (Å²) < 4.78 is 10.5. The molecular formula is C27H24Cl3NO6S. The predicted octanol–water partition coefficient (Wildman–Crippen LogP) is 6.52. The van der Waals surface area contributed by atoms with Gasteiger partial charge in [-0.25, -0.2) is 4.79 Å². The number of alkyl halides is 3. The summed E-state index contributed by atoms with van der Waals surface area (Å²) in [6, 6.07) is 21.2. The van der Waals surface area contributed by atoms with Crippen molar-refractivity contribution >= 4 is 64.1 Å². The molecule has 200 valence electrons. The van der Waals surface area contributed by atoms with Crippen molar-refractivity contribution in [2.75, 3.05) is 11.1 Å². The zero-order valence-electron chi connectivity index (χ0n) is 19.9. The number of carbonyl (C=O) groups excluding carboxylic acids is 1. The minimum atomic E-state index is -2.12. The Balaban J connectivity index is 1.57. The van der Waals surface area contributed by atoms with Gasteiger partial charge in [-0.3, -0.25) is 4.79 Å². The van der Waals surface area contributed by atoms with Crippen molar-refractivity contribution in [1.82, 2.24) is 0 Å². The molecule has 1 fully saturated rings. The number of hydrogen-bond acceptors (Lipinski definition) is 6. The van der Waals surface area contributed by atoms with Crippen molar-refractivity contribution in [2.24, 2.45) is 0 Å². The summed E-state index contributed by atoms with van der Waals surface area (Å²) in [5, 5.41) is 21.5. The molecule has 7 nitrogen and oxygen atoms in total. The maximum atomic E-state index is 12.1. The smallest absolute Gasteiger partial charge is 0.336 e. The van der Waals surface area contributed by atoms with Crippen LogP contribution in [-0.2, 0) is 20.9 Å². The highest BCUT2D eigenvalue weighted by Gasteiger charge is 2.33. The minimum Gasteiger partial charge on any atom is -0.478 e. The van der Waals surface area contributed by atoms with Crippen LogP contribution in [0.25, 0.3) is 0 Å². The highest BCUT2D eigenvalue weighted by atomic mass is 35.6. The van der Waals surface area contributed by atoms with E-state index in [0.717, 1.165) is 11.1 Å². The van der Waals surface area contributed by atoms with Gasteiger partial charge in [0.15, 0.2) is 6.29 Å². The van der Waals surface area contributed by atoms with Crippen molar-refractivity contribution in [3.63, 3.8) is 0 Å². The number of ether oxygens (including phenoxy) is 2. The standard InChI is InChI=1S/C27H24Cl3NO6S/c28-27(29,30)26(35)31-19-5-3-4-18(12-19)25-36-20(15-38-23-7-2-1-6-21(23)24(33)34)13-22(37-25)17-10-8-16(14-32)9-11-17/h1-12,20,22,25,32H,13-15H2,(H,31,35)(H,33,34)/t20-,22+,25+/m1/s1. The van der Waals surface area contributed by atoms with Crippen LogP contribution in [0.2, 0.25) is 0 Å². The first kappa shape index (κ1) is 28.7. The van der Waals surface area contributed by atoms with E-state index in [1.165, 1.54) is 11.8 Å². The molecule has 1 amide bonds. The molecule has 3 atom stereocenters. The van der Waals surface area contributed by atoms with Crippen LogP contribution < -0.4 is 5.32 Å². The molecule has 0 saturated carbocycles. The van der Waals surface area contributed by atoms with E-state index >= 15 is 0 Å². The van der Waals surface area contributed by atoms with Crippen LogP contribution in [0.1, 0.15) is 45.9 Å². The zero-order chi connectivity index (χ0) is 27.3. The van der Waals surface area contributed by atoms with Crippen LogP contribution in [0.3, 0.4) is 0 Å². The van der Waals surface area contributed by atoms with Crippen LogP contribution >= 0.6 is 46.6 Å². The molecule has 1 aliphatic rings. The number of thioether (sulfide) groups is 1. The summed E-state index contributed by atoms with van der Waals surface area (Å²) in [7, 11) is 0. The van der Waals surface area contributed by atoms with Crippen molar-refractivity contribution < 1.29 is 29.3 Å². The third-order valence-electron chi connectivity index (χ3n) is 5.83. The summed E-state index contributed by atoms with van der Waals surface area (Å²) in [5.74, 6) is -1.30. The largest absolute Gasteiger partial charge is 0.478 e. The molecule has 0 aliphatic carbocycles. The quantitative estimate of drug-likeness (QED) is 0.201. The first-order valence-electron chi connectivity index (χ1n) is 11.6. The first-order chi connectivity index (χ1) is 18.1. The molecule has 1 heterocycles. The molecule has 3 aromatic carbocycles. The van der Waals surface area contributed by atoms with E-state index in [9.17, 15) is 19.8 Å². The van der Waals surface area contributed by atoms with Gasteiger partial charge < -0.3 is 25.0 Å². The van der Waals surface area contributed by atoms with Crippen LogP contribution in [0.15, 0.2) is 77.7 Å². The molecule has 0 aromatic heterocycles. The van der Waals surface area contributed by atoms with Crippen LogP contribution in [0, 0.1) is 0 Å². The van der Waals surface area contributed by atoms with Crippen molar-refractivity contribution in [1.29, 1.82) is 0 Å². The van der Waals surface area contributed by atoms with Gasteiger partial charge in [-0.2, -0.15) is 0 Å². The number of halogens is 3. The predicted molar refractivity (Wildman–Crippen MR) is 148 cm³/mol. The molecule has 11 heteroatoms. The highest BCUT2D eigenvalue weighted by molar-refractivity contribution is 7.99. The second kappa shape index (κ2) is 12.7. The molecule has 0 bridgehead atoms. The van der Waals surface area contributed by atoms with E-state index in [1.54, 1.807) is 48.5 Å². The van der Waals surface area contributed by atoms with E-state index in [4.69, 9.17) is 44.3 Å². The molecule has 0 unspecified atom stereocenters. The van der Waals surface area contributed by atoms with Gasteiger partial charge in [0, 0.05) is 28.3 Å². The summed E-state index contributed by atoms with van der Waals surface area (Å²) in [6.45, 7) is -0.0630. The fourth-order valence-corrected chi connectivity index (χ4v) is 5.15. The number of benzene rings is 3. The van der Waals surface area contributed by atoms with E-state index in [1.807, 2.05) is 24.3 Å². The first-order valence-corrected chi connectivity index (χ1v) is 13.7. The molecule has 3 N–H and O–H groups in total. The monoisotopic (exact) mass is 595 g/mol. The lowest BCUT2D eigenvalue weighted by molar-refractivity contribution is -0.245. The summed E-state index contributed by atoms with van der Waals surface area (Å²) >= 11 is 18.4. The second-order valence-electron chi connectivity index (χ2n) is 8.54. The van der Waals surface area contributed by atoms with Gasteiger partial charge in [0.1, 0.15) is 0 Å². The third kappa shape index (κ3) is 7.42. The molecule has 1 saturated heterocycles. The van der Waals surface area contributed by atoms with Gasteiger partial charge in [-0.15, -0.1) is 11.8 Å². The molecule has 4 rings (SSSR count).